The number of allylic oxidation sites excluding steroid dienone is 1. The first-order valence-electron chi connectivity index (χ1n) is 12.9. The minimum Gasteiger partial charge on any atom is -0.507 e. The molecule has 2 N–H and O–H groups in total. The van der Waals surface area contributed by atoms with E-state index in [-0.39, 0.29) is 25.1 Å². The maximum atomic E-state index is 13.3. The molecule has 3 amide bonds. The van der Waals surface area contributed by atoms with Crippen LogP contribution in [0.5, 0.6) is 5.75 Å². The van der Waals surface area contributed by atoms with Gasteiger partial charge in [-0.05, 0) is 67.3 Å². The van der Waals surface area contributed by atoms with Crippen molar-refractivity contribution in [2.45, 2.75) is 51.5 Å². The molecule has 4 atom stereocenters. The number of fused-ring (bicyclic) bond motifs is 3. The second-order valence-corrected chi connectivity index (χ2v) is 10.9. The number of hydrogen-bond donors (Lipinski definition) is 2. The molecule has 204 valence electrons. The van der Waals surface area contributed by atoms with Crippen LogP contribution < -0.4 is 0 Å². The van der Waals surface area contributed by atoms with Gasteiger partial charge in [0.1, 0.15) is 5.75 Å². The van der Waals surface area contributed by atoms with Crippen LogP contribution in [0, 0.1) is 17.8 Å². The number of ether oxygens (including phenoxy) is 2. The van der Waals surface area contributed by atoms with Gasteiger partial charge < -0.3 is 24.3 Å². The van der Waals surface area contributed by atoms with Gasteiger partial charge in [-0.25, -0.2) is 4.79 Å². The number of amides is 3. The summed E-state index contributed by atoms with van der Waals surface area (Å²) < 4.78 is 17.0. The number of methoxy groups -OCH3 is 2. The summed E-state index contributed by atoms with van der Waals surface area (Å²) in [6.45, 7) is 2.34. The van der Waals surface area contributed by atoms with Crippen LogP contribution in [0.2, 0.25) is 6.32 Å². The molecule has 1 aromatic carbocycles. The predicted octanol–water partition coefficient (Wildman–Crippen LogP) is 4.33. The van der Waals surface area contributed by atoms with Gasteiger partial charge in [0.15, 0.2) is 0 Å². The van der Waals surface area contributed by atoms with Gasteiger partial charge in [-0.15, -0.1) is 0 Å². The molecule has 0 radical (unpaired) electrons. The Morgan fingerprint density at radius 2 is 2.00 bits per heavy atom. The molecular weight excluding hydrogens is 557 g/mol. The van der Waals surface area contributed by atoms with E-state index in [1.807, 2.05) is 12.1 Å². The smallest absolute Gasteiger partial charge is 0.455 e. The number of likely N-dealkylation sites (tertiary alicyclic amines) is 1. The number of hydrogen-bond acceptors (Lipinski definition) is 8. The second-order valence-electron chi connectivity index (χ2n) is 10.0. The third-order valence-electron chi connectivity index (χ3n) is 7.63. The molecule has 0 unspecified atom stereocenters. The van der Waals surface area contributed by atoms with E-state index in [0.29, 0.717) is 23.3 Å². The molecule has 38 heavy (non-hydrogen) atoms. The van der Waals surface area contributed by atoms with Gasteiger partial charge in [-0.2, -0.15) is 4.90 Å². The Kier molecular flexibility index (Phi) is 9.13. The van der Waals surface area contributed by atoms with Gasteiger partial charge in [-0.3, -0.25) is 9.59 Å². The van der Waals surface area contributed by atoms with Gasteiger partial charge in [0, 0.05) is 17.1 Å². The molecule has 1 aliphatic carbocycles. The van der Waals surface area contributed by atoms with Crippen LogP contribution in [-0.4, -0.2) is 67.0 Å². The monoisotopic (exact) mass is 589 g/mol. The number of carbonyl (C=O) groups is 3. The minimum atomic E-state index is -1.11. The molecule has 11 heteroatoms. The van der Waals surface area contributed by atoms with E-state index in [1.54, 1.807) is 19.2 Å². The van der Waals surface area contributed by atoms with Crippen LogP contribution in [0.4, 0.5) is 4.79 Å². The van der Waals surface area contributed by atoms with E-state index in [0.717, 1.165) is 41.1 Å². The highest BCUT2D eigenvalue weighted by Gasteiger charge is 2.59. The molecule has 3 aliphatic rings. The number of nitrogens with zero attached hydrogens (tertiary/aromatic N) is 1. The first-order chi connectivity index (χ1) is 18.2. The van der Waals surface area contributed by atoms with E-state index in [9.17, 15) is 24.5 Å². The van der Waals surface area contributed by atoms with Crippen LogP contribution in [-0.2, 0) is 23.7 Å². The summed E-state index contributed by atoms with van der Waals surface area (Å²) in [5.41, 5.74) is 3.58. The fourth-order valence-corrected chi connectivity index (χ4v) is 6.49. The number of phenolic OH excluding ortho intramolecular Hbond substituents is 1. The van der Waals surface area contributed by atoms with Crippen molar-refractivity contribution in [1.82, 2.24) is 4.90 Å². The van der Waals surface area contributed by atoms with Crippen molar-refractivity contribution >= 4 is 47.0 Å². The van der Waals surface area contributed by atoms with Crippen molar-refractivity contribution in [2.75, 3.05) is 20.8 Å². The summed E-state index contributed by atoms with van der Waals surface area (Å²) >= 11 is 3.45. The highest BCUT2D eigenvalue weighted by atomic mass is 79.9. The summed E-state index contributed by atoms with van der Waals surface area (Å²) in [5, 5.41) is 21.0. The Bertz CT molecular complexity index is 1170. The van der Waals surface area contributed by atoms with Crippen LogP contribution in [0.1, 0.15) is 44.6 Å². The number of phenols is 1. The van der Waals surface area contributed by atoms with E-state index in [4.69, 9.17) is 14.1 Å². The molecule has 0 aromatic heterocycles. The van der Waals surface area contributed by atoms with Gasteiger partial charge in [0.25, 0.3) is 0 Å². The van der Waals surface area contributed by atoms with E-state index in [1.165, 1.54) is 0 Å². The zero-order chi connectivity index (χ0) is 27.6. The summed E-state index contributed by atoms with van der Waals surface area (Å²) in [6.07, 6.45) is 3.85. The zero-order valence-corrected chi connectivity index (χ0v) is 23.4. The number of carbonyl (C=O) groups excluding carboxylic acids is 3. The van der Waals surface area contributed by atoms with Gasteiger partial charge in [0.05, 0.1) is 31.7 Å². The van der Waals surface area contributed by atoms with Gasteiger partial charge in [-0.1, -0.05) is 40.9 Å². The first-order valence-corrected chi connectivity index (χ1v) is 13.7. The quantitative estimate of drug-likeness (QED) is 0.261. The fraction of sp³-hybridized carbons (Fsp3) is 0.519. The largest absolute Gasteiger partial charge is 0.507 e. The molecule has 9 nitrogen and oxygen atoms in total. The normalized spacial score (nSPS) is 25.6. The Balaban J connectivity index is 1.65. The predicted molar refractivity (Wildman–Crippen MR) is 144 cm³/mol. The van der Waals surface area contributed by atoms with E-state index in [2.05, 4.69) is 22.9 Å². The highest BCUT2D eigenvalue weighted by Crippen LogP contribution is 2.50. The molecule has 0 saturated carbocycles. The van der Waals surface area contributed by atoms with Crippen molar-refractivity contribution in [3.05, 3.63) is 45.0 Å². The average Bonchev–Trinajstić information content (AvgIpc) is 3.13. The fourth-order valence-electron chi connectivity index (χ4n) is 6.11. The SMILES string of the molecule is CCC/C(=C\c1cc(Br)ccc1O)CC[C@H]1OB(O)C[C@H]2C1=C(COC)C[C@H]1C(=O)N(C(=O)OC)C(=O)[C@H]12. The van der Waals surface area contributed by atoms with Crippen molar-refractivity contribution < 1.29 is 38.6 Å². The lowest BCUT2D eigenvalue weighted by Gasteiger charge is -2.43. The van der Waals surface area contributed by atoms with Crippen LogP contribution >= 0.6 is 15.9 Å². The molecular formula is C27H33BBrNO8. The minimum absolute atomic E-state index is 0.151. The maximum Gasteiger partial charge on any atom is 0.455 e. The topological polar surface area (TPSA) is 123 Å². The Morgan fingerprint density at radius 1 is 1.24 bits per heavy atom. The van der Waals surface area contributed by atoms with Gasteiger partial charge >= 0.3 is 13.2 Å². The molecule has 4 rings (SSSR count). The average molecular weight is 590 g/mol. The van der Waals surface area contributed by atoms with Crippen LogP contribution in [0.25, 0.3) is 6.08 Å². The molecule has 0 spiro atoms. The van der Waals surface area contributed by atoms with Crippen molar-refractivity contribution in [3.8, 4) is 5.75 Å². The molecule has 2 heterocycles. The van der Waals surface area contributed by atoms with Crippen molar-refractivity contribution in [1.29, 1.82) is 0 Å². The van der Waals surface area contributed by atoms with E-state index < -0.39 is 48.9 Å². The summed E-state index contributed by atoms with van der Waals surface area (Å²) in [4.78, 5) is 39.2. The maximum absolute atomic E-state index is 13.3. The molecule has 0 bridgehead atoms. The lowest BCUT2D eigenvalue weighted by atomic mass is 9.58. The number of rotatable bonds is 8. The van der Waals surface area contributed by atoms with Crippen LogP contribution in [0.3, 0.4) is 0 Å². The number of halogens is 1. The lowest BCUT2D eigenvalue weighted by molar-refractivity contribution is -0.137. The zero-order valence-electron chi connectivity index (χ0n) is 21.8. The summed E-state index contributed by atoms with van der Waals surface area (Å²) in [7, 11) is 1.59. The molecule has 2 fully saturated rings. The summed E-state index contributed by atoms with van der Waals surface area (Å²) in [5.74, 6) is -2.89. The molecule has 2 saturated heterocycles. The lowest BCUT2D eigenvalue weighted by Crippen LogP contribution is -2.46. The standard InChI is InChI=1S/C27H33BBrNO8/c1-4-5-15(10-16-11-18(29)7-8-21(16)31)6-9-22-23-17(14-36-2)12-19-24(20(23)13-28(35)38-22)26(33)30(25(19)32)27(34)37-3/h7-8,10-11,19-20,22,24,31,35H,4-6,9,12-14H2,1-3H3/b15-10+/t19-,20+,22-,24-/m1/s1. The van der Waals surface area contributed by atoms with E-state index >= 15 is 0 Å². The first kappa shape index (κ1) is 28.5. The number of imide groups is 3. The second kappa shape index (κ2) is 12.2. The number of benzene rings is 1. The summed E-state index contributed by atoms with van der Waals surface area (Å²) in [6, 6.07) is 5.28. The number of aromatic hydroxyl groups is 1. The third kappa shape index (κ3) is 5.61. The van der Waals surface area contributed by atoms with Gasteiger partial charge in [0.2, 0.25) is 11.8 Å². The Labute approximate surface area is 231 Å². The molecule has 2 aliphatic heterocycles. The van der Waals surface area contributed by atoms with Crippen LogP contribution in [0.15, 0.2) is 39.4 Å². The highest BCUT2D eigenvalue weighted by molar-refractivity contribution is 9.10. The Morgan fingerprint density at radius 3 is 2.68 bits per heavy atom. The molecule has 1 aromatic rings. The third-order valence-corrected chi connectivity index (χ3v) is 8.12. The Hall–Kier alpha value is -2.47. The van der Waals surface area contributed by atoms with Crippen molar-refractivity contribution in [3.63, 3.8) is 0 Å². The van der Waals surface area contributed by atoms with Crippen molar-refractivity contribution in [2.24, 2.45) is 17.8 Å².